The van der Waals surface area contributed by atoms with Crippen molar-refractivity contribution >= 4 is 29.3 Å². The van der Waals surface area contributed by atoms with Gasteiger partial charge in [0.1, 0.15) is 6.04 Å². The molecule has 1 heterocycles. The van der Waals surface area contributed by atoms with Crippen LogP contribution >= 0.6 is 0 Å². The molecule has 0 fully saturated rings. The molecule has 254 valence electrons. The lowest BCUT2D eigenvalue weighted by Crippen LogP contribution is -2.51. The second-order valence-corrected chi connectivity index (χ2v) is 11.8. The van der Waals surface area contributed by atoms with Gasteiger partial charge in [-0.05, 0) is 53.2 Å². The number of aliphatic hydroxyl groups is 1. The zero-order valence-corrected chi connectivity index (χ0v) is 28.0. The van der Waals surface area contributed by atoms with E-state index in [-0.39, 0.29) is 57.1 Å². The first-order valence-electron chi connectivity index (χ1n) is 16.1. The minimum Gasteiger partial charge on any atom is -0.392 e. The van der Waals surface area contributed by atoms with Crippen molar-refractivity contribution in [2.75, 3.05) is 38.2 Å². The molecule has 0 saturated heterocycles. The number of anilines is 1. The van der Waals surface area contributed by atoms with E-state index in [1.54, 1.807) is 38.1 Å². The first-order valence-corrected chi connectivity index (χ1v) is 16.1. The average molecular weight is 641 g/mol. The number of allylic oxidation sites excluding steroid dienone is 2. The van der Waals surface area contributed by atoms with E-state index in [1.165, 1.54) is 16.5 Å². The third kappa shape index (κ3) is 13.3. The van der Waals surface area contributed by atoms with Crippen molar-refractivity contribution in [3.8, 4) is 0 Å². The van der Waals surface area contributed by atoms with Crippen LogP contribution in [0.4, 0.5) is 5.69 Å². The molecular weight excluding hydrogens is 588 g/mol. The number of benzene rings is 1. The summed E-state index contributed by atoms with van der Waals surface area (Å²) >= 11 is 0. The Labute approximate surface area is 273 Å². The largest absolute Gasteiger partial charge is 0.392 e. The van der Waals surface area contributed by atoms with Gasteiger partial charge in [0.25, 0.3) is 5.91 Å². The van der Waals surface area contributed by atoms with Gasteiger partial charge in [-0.3, -0.25) is 19.2 Å². The molecule has 2 rings (SSSR count). The smallest absolute Gasteiger partial charge is 0.251 e. The minimum absolute atomic E-state index is 0.0358. The highest BCUT2D eigenvalue weighted by Crippen LogP contribution is 2.19. The topological polar surface area (TPSA) is 146 Å². The predicted octanol–water partition coefficient (Wildman–Crippen LogP) is 3.98. The Morgan fingerprint density at radius 2 is 1.78 bits per heavy atom. The number of ether oxygens (including phenoxy) is 2. The number of hydrogen-bond donors (Lipinski definition) is 4. The minimum atomic E-state index is -0.837. The van der Waals surface area contributed by atoms with Crippen LogP contribution in [0.1, 0.15) is 71.4 Å². The van der Waals surface area contributed by atoms with Crippen molar-refractivity contribution in [2.45, 2.75) is 79.6 Å². The van der Waals surface area contributed by atoms with Gasteiger partial charge in [-0.25, -0.2) is 0 Å². The van der Waals surface area contributed by atoms with Crippen LogP contribution in [-0.2, 0) is 41.9 Å². The molecule has 0 bridgehead atoms. The molecule has 46 heavy (non-hydrogen) atoms. The summed E-state index contributed by atoms with van der Waals surface area (Å²) in [5.74, 6) is -1.17. The zero-order valence-electron chi connectivity index (χ0n) is 28.0. The maximum absolute atomic E-state index is 12.9. The molecule has 11 heteroatoms. The van der Waals surface area contributed by atoms with Gasteiger partial charge in [0, 0.05) is 30.4 Å². The van der Waals surface area contributed by atoms with Crippen LogP contribution < -0.4 is 16.0 Å². The van der Waals surface area contributed by atoms with Crippen LogP contribution in [0.3, 0.4) is 0 Å². The lowest BCUT2D eigenvalue weighted by atomic mass is 10.0. The van der Waals surface area contributed by atoms with E-state index in [2.05, 4.69) is 49.4 Å². The van der Waals surface area contributed by atoms with Crippen molar-refractivity contribution in [1.29, 1.82) is 0 Å². The summed E-state index contributed by atoms with van der Waals surface area (Å²) in [5.41, 5.74) is 3.84. The van der Waals surface area contributed by atoms with E-state index in [0.717, 1.165) is 24.8 Å². The molecule has 0 aliphatic carbocycles. The van der Waals surface area contributed by atoms with Crippen molar-refractivity contribution in [2.24, 2.45) is 11.8 Å². The molecule has 2 atom stereocenters. The SMILES string of the molecule is C=C1C=CC(=O)N1CCOCCC(=O)NC(C(=O)NCC(=O)Nc1ccc(CO)c(COC/C(=C/C(C)CC)CCC)c1)C(C)C. The van der Waals surface area contributed by atoms with Crippen LogP contribution in [0.5, 0.6) is 0 Å². The van der Waals surface area contributed by atoms with Gasteiger partial charge in [0.15, 0.2) is 0 Å². The van der Waals surface area contributed by atoms with Crippen LogP contribution in [-0.4, -0.2) is 72.6 Å². The van der Waals surface area contributed by atoms with Gasteiger partial charge < -0.3 is 35.4 Å². The second-order valence-electron chi connectivity index (χ2n) is 11.8. The van der Waals surface area contributed by atoms with Gasteiger partial charge in [0.05, 0.1) is 39.6 Å². The highest BCUT2D eigenvalue weighted by molar-refractivity contribution is 5.96. The van der Waals surface area contributed by atoms with Crippen LogP contribution in [0.2, 0.25) is 0 Å². The Morgan fingerprint density at radius 3 is 2.41 bits per heavy atom. The van der Waals surface area contributed by atoms with Crippen molar-refractivity contribution in [3.63, 3.8) is 0 Å². The van der Waals surface area contributed by atoms with Gasteiger partial charge in [-0.1, -0.05) is 66.2 Å². The van der Waals surface area contributed by atoms with Gasteiger partial charge in [0.2, 0.25) is 17.7 Å². The van der Waals surface area contributed by atoms with Crippen LogP contribution in [0.15, 0.2) is 54.3 Å². The summed E-state index contributed by atoms with van der Waals surface area (Å²) in [6.07, 6.45) is 8.44. The maximum atomic E-state index is 12.9. The number of nitrogens with zero attached hydrogens (tertiary/aromatic N) is 1. The fraction of sp³-hybridized carbons (Fsp3) is 0.543. The predicted molar refractivity (Wildman–Crippen MR) is 178 cm³/mol. The molecule has 1 aromatic carbocycles. The molecule has 0 aromatic heterocycles. The fourth-order valence-corrected chi connectivity index (χ4v) is 4.76. The lowest BCUT2D eigenvalue weighted by molar-refractivity contribution is -0.131. The number of amides is 4. The molecule has 1 aliphatic heterocycles. The summed E-state index contributed by atoms with van der Waals surface area (Å²) in [6, 6.07) is 4.35. The highest BCUT2D eigenvalue weighted by Gasteiger charge is 2.24. The van der Waals surface area contributed by atoms with E-state index in [9.17, 15) is 24.3 Å². The summed E-state index contributed by atoms with van der Waals surface area (Å²) in [6.45, 7) is 14.9. The monoisotopic (exact) mass is 640 g/mol. The Morgan fingerprint density at radius 1 is 1.02 bits per heavy atom. The number of hydrogen-bond acceptors (Lipinski definition) is 7. The van der Waals surface area contributed by atoms with Crippen molar-refractivity contribution < 1.29 is 33.8 Å². The summed E-state index contributed by atoms with van der Waals surface area (Å²) in [5, 5.41) is 17.9. The molecule has 0 saturated carbocycles. The van der Waals surface area contributed by atoms with E-state index < -0.39 is 17.9 Å². The number of carbonyl (C=O) groups excluding carboxylic acids is 4. The van der Waals surface area contributed by atoms with Crippen molar-refractivity contribution in [3.05, 3.63) is 65.4 Å². The first kappa shape index (κ1) is 38.4. The third-order valence-electron chi connectivity index (χ3n) is 7.59. The Bertz CT molecular complexity index is 1240. The van der Waals surface area contributed by atoms with Gasteiger partial charge >= 0.3 is 0 Å². The normalized spacial score (nSPS) is 14.5. The Kier molecular flexibility index (Phi) is 17.0. The van der Waals surface area contributed by atoms with E-state index >= 15 is 0 Å². The molecule has 1 aromatic rings. The lowest BCUT2D eigenvalue weighted by Gasteiger charge is -2.22. The molecule has 11 nitrogen and oxygen atoms in total. The quantitative estimate of drug-likeness (QED) is 0.117. The molecule has 4 N–H and O–H groups in total. The van der Waals surface area contributed by atoms with E-state index in [0.29, 0.717) is 36.0 Å². The van der Waals surface area contributed by atoms with Gasteiger partial charge in [-0.15, -0.1) is 0 Å². The molecule has 0 spiro atoms. The molecule has 1 aliphatic rings. The van der Waals surface area contributed by atoms with Crippen LogP contribution in [0, 0.1) is 11.8 Å². The van der Waals surface area contributed by atoms with E-state index in [1.807, 2.05) is 0 Å². The number of aliphatic hydroxyl groups excluding tert-OH is 1. The molecule has 0 radical (unpaired) electrons. The molecule has 4 amide bonds. The van der Waals surface area contributed by atoms with Crippen molar-refractivity contribution in [1.82, 2.24) is 15.5 Å². The number of rotatable bonds is 21. The summed E-state index contributed by atoms with van der Waals surface area (Å²) in [4.78, 5) is 51.2. The average Bonchev–Trinajstić information content (AvgIpc) is 3.34. The second kappa shape index (κ2) is 20.3. The Balaban J connectivity index is 1.82. The Hall–Kier alpha value is -3.80. The summed E-state index contributed by atoms with van der Waals surface area (Å²) < 4.78 is 11.5. The molecule has 2 unspecified atom stereocenters. The number of carbonyl (C=O) groups is 4. The van der Waals surface area contributed by atoms with E-state index in [4.69, 9.17) is 9.47 Å². The fourth-order valence-electron chi connectivity index (χ4n) is 4.76. The zero-order chi connectivity index (χ0) is 34.1. The van der Waals surface area contributed by atoms with Gasteiger partial charge in [-0.2, -0.15) is 0 Å². The maximum Gasteiger partial charge on any atom is 0.251 e. The third-order valence-corrected chi connectivity index (χ3v) is 7.59. The standard InChI is InChI=1S/C35H52N4O7/c1-7-9-27(18-25(5)8-2)22-46-23-29-19-30(12-11-28(29)21-40)37-32(42)20-36-35(44)34(24(3)4)38-31(41)14-16-45-17-15-39-26(6)10-13-33(39)43/h10-13,18-19,24-25,34,40H,6-9,14-17,20-23H2,1-5H3,(H,36,44)(H,37,42)(H,38,41)/b27-18+. The van der Waals surface area contributed by atoms with Crippen LogP contribution in [0.25, 0.3) is 0 Å². The first-order chi connectivity index (χ1) is 22.0. The summed E-state index contributed by atoms with van der Waals surface area (Å²) in [7, 11) is 0. The number of nitrogens with one attached hydrogen (secondary N) is 3. The molecular formula is C35H52N4O7. The highest BCUT2D eigenvalue weighted by atomic mass is 16.5.